The van der Waals surface area contributed by atoms with Crippen molar-refractivity contribution in [3.8, 4) is 5.75 Å². The summed E-state index contributed by atoms with van der Waals surface area (Å²) in [7, 11) is 0. The van der Waals surface area contributed by atoms with Crippen LogP contribution in [0.4, 0.5) is 18.9 Å². The first-order chi connectivity index (χ1) is 17.0. The molecule has 3 aromatic rings. The van der Waals surface area contributed by atoms with E-state index in [9.17, 15) is 37.5 Å². The number of benzene rings is 3. The number of likely N-dealkylation sites (tertiary alicyclic amines) is 1. The lowest BCUT2D eigenvalue weighted by molar-refractivity contribution is -0.274. The maximum absolute atomic E-state index is 13.7. The van der Waals surface area contributed by atoms with Crippen LogP contribution in [-0.2, 0) is 31.1 Å². The molecule has 8 nitrogen and oxygen atoms in total. The number of fused-ring (bicyclic) bond motifs is 3. The Morgan fingerprint density at radius 2 is 1.67 bits per heavy atom. The lowest BCUT2D eigenvalue weighted by Gasteiger charge is -2.22. The van der Waals surface area contributed by atoms with Crippen LogP contribution in [0.15, 0.2) is 60.7 Å². The minimum atomic E-state index is -5.04. The summed E-state index contributed by atoms with van der Waals surface area (Å²) in [5.41, 5.74) is -1.81. The van der Waals surface area contributed by atoms with Crippen LogP contribution in [-0.4, -0.2) is 46.6 Å². The Labute approximate surface area is 201 Å². The number of anilines is 1. The highest BCUT2D eigenvalue weighted by Gasteiger charge is 2.64. The van der Waals surface area contributed by atoms with Gasteiger partial charge in [0.1, 0.15) is 12.3 Å². The van der Waals surface area contributed by atoms with Crippen LogP contribution in [0.25, 0.3) is 10.8 Å². The summed E-state index contributed by atoms with van der Waals surface area (Å²) in [6.07, 6.45) is -5.69. The van der Waals surface area contributed by atoms with Crippen LogP contribution >= 0.6 is 0 Å². The molecule has 1 spiro atoms. The quantitative estimate of drug-likeness (QED) is 0.427. The summed E-state index contributed by atoms with van der Waals surface area (Å²) in [5, 5.41) is 10.9. The van der Waals surface area contributed by atoms with Crippen LogP contribution in [0.3, 0.4) is 0 Å². The topological polar surface area (TPSA) is 104 Å². The molecule has 2 aliphatic rings. The molecular formula is C25H17F3N2O6. The smallest absolute Gasteiger partial charge is 0.480 e. The van der Waals surface area contributed by atoms with E-state index in [1.807, 2.05) is 24.3 Å². The van der Waals surface area contributed by atoms with Crippen molar-refractivity contribution < 1.29 is 42.2 Å². The molecule has 0 radical (unpaired) electrons. The van der Waals surface area contributed by atoms with Crippen LogP contribution in [0, 0.1) is 0 Å². The fraction of sp³-hybridized carbons (Fsp3) is 0.200. The van der Waals surface area contributed by atoms with Crippen molar-refractivity contribution in [1.29, 1.82) is 0 Å². The molecule has 11 heteroatoms. The summed E-state index contributed by atoms with van der Waals surface area (Å²) in [6, 6.07) is 15.5. The van der Waals surface area contributed by atoms with Gasteiger partial charge in [-0.15, -0.1) is 13.2 Å². The van der Waals surface area contributed by atoms with Gasteiger partial charge >= 0.3 is 12.3 Å². The molecule has 2 aliphatic heterocycles. The minimum absolute atomic E-state index is 0.0647. The number of carbonyl (C=O) groups is 4. The first-order valence-electron chi connectivity index (χ1n) is 10.8. The predicted octanol–water partition coefficient (Wildman–Crippen LogP) is 3.37. The molecule has 0 bridgehead atoms. The molecule has 1 N–H and O–H groups in total. The number of nitrogens with zero attached hydrogens (tertiary/aromatic N) is 2. The number of carboxylic acid groups (broad SMARTS) is 1. The number of alkyl halides is 3. The van der Waals surface area contributed by atoms with Crippen molar-refractivity contribution in [3.63, 3.8) is 0 Å². The van der Waals surface area contributed by atoms with E-state index in [0.29, 0.717) is 5.56 Å². The van der Waals surface area contributed by atoms with Crippen LogP contribution in [0.2, 0.25) is 0 Å². The van der Waals surface area contributed by atoms with Gasteiger partial charge in [0.2, 0.25) is 17.7 Å². The lowest BCUT2D eigenvalue weighted by Crippen LogP contribution is -2.47. The predicted molar refractivity (Wildman–Crippen MR) is 119 cm³/mol. The Hall–Kier alpha value is -4.41. The number of carboxylic acids is 1. The molecule has 36 heavy (non-hydrogen) atoms. The second-order valence-corrected chi connectivity index (χ2v) is 8.52. The number of rotatable bonds is 5. The fourth-order valence-electron chi connectivity index (χ4n) is 4.92. The van der Waals surface area contributed by atoms with Crippen LogP contribution < -0.4 is 9.64 Å². The van der Waals surface area contributed by atoms with Gasteiger partial charge in [-0.2, -0.15) is 0 Å². The normalized spacial score (nSPS) is 19.5. The number of hydrogen-bond donors (Lipinski definition) is 1. The van der Waals surface area contributed by atoms with Crippen molar-refractivity contribution in [2.45, 2.75) is 24.7 Å². The summed E-state index contributed by atoms with van der Waals surface area (Å²) in [6.45, 7) is -1.00. The molecule has 3 amide bonds. The Morgan fingerprint density at radius 1 is 0.972 bits per heavy atom. The monoisotopic (exact) mass is 498 g/mol. The standard InChI is InChI=1S/C25H17F3N2O6/c26-25(27,28)36-16-8-9-19-18(10-16)24(22(34)29(19)13-21(32)33)11-20(31)30(23(24)35)12-15-6-3-5-14-4-1-2-7-17(14)15/h1-10H,11-13H2,(H,32,33). The molecule has 0 saturated carbocycles. The highest BCUT2D eigenvalue weighted by Crippen LogP contribution is 2.50. The van der Waals surface area contributed by atoms with E-state index in [-0.39, 0.29) is 17.8 Å². The first kappa shape index (κ1) is 23.3. The molecule has 184 valence electrons. The SMILES string of the molecule is O=C(O)CN1C(=O)C2(CC(=O)N(Cc3cccc4ccccc34)C2=O)c2cc(OC(F)(F)F)ccc21. The number of aliphatic carboxylic acids is 1. The third-order valence-electron chi connectivity index (χ3n) is 6.39. The zero-order chi connectivity index (χ0) is 25.8. The van der Waals surface area contributed by atoms with Crippen molar-refractivity contribution in [2.75, 3.05) is 11.4 Å². The van der Waals surface area contributed by atoms with Gasteiger partial charge in [-0.1, -0.05) is 42.5 Å². The van der Waals surface area contributed by atoms with E-state index in [1.165, 1.54) is 0 Å². The molecule has 2 heterocycles. The molecule has 0 aliphatic carbocycles. The maximum Gasteiger partial charge on any atom is 0.573 e. The van der Waals surface area contributed by atoms with Gasteiger partial charge in [-0.05, 0) is 34.5 Å². The van der Waals surface area contributed by atoms with Crippen molar-refractivity contribution >= 4 is 40.2 Å². The molecule has 3 aromatic carbocycles. The van der Waals surface area contributed by atoms with Gasteiger partial charge in [0, 0.05) is 11.3 Å². The lowest BCUT2D eigenvalue weighted by atomic mass is 9.80. The summed E-state index contributed by atoms with van der Waals surface area (Å²) in [4.78, 5) is 53.4. The molecule has 1 saturated heterocycles. The van der Waals surface area contributed by atoms with E-state index >= 15 is 0 Å². The minimum Gasteiger partial charge on any atom is -0.480 e. The van der Waals surface area contributed by atoms with Crippen molar-refractivity contribution in [1.82, 2.24) is 4.90 Å². The summed E-state index contributed by atoms with van der Waals surface area (Å²) in [5.74, 6) is -4.71. The third-order valence-corrected chi connectivity index (χ3v) is 6.39. The molecule has 1 unspecified atom stereocenters. The average molecular weight is 498 g/mol. The van der Waals surface area contributed by atoms with Gasteiger partial charge in [-0.25, -0.2) is 0 Å². The third kappa shape index (κ3) is 3.63. The maximum atomic E-state index is 13.7. The zero-order valence-electron chi connectivity index (χ0n) is 18.4. The zero-order valence-corrected chi connectivity index (χ0v) is 18.4. The number of carbonyl (C=O) groups excluding carboxylic acids is 3. The van der Waals surface area contributed by atoms with E-state index in [0.717, 1.165) is 38.8 Å². The molecule has 0 aromatic heterocycles. The van der Waals surface area contributed by atoms with E-state index < -0.39 is 54.2 Å². The van der Waals surface area contributed by atoms with E-state index in [4.69, 9.17) is 0 Å². The van der Waals surface area contributed by atoms with Gasteiger partial charge in [-0.3, -0.25) is 29.0 Å². The molecule has 1 fully saturated rings. The highest BCUT2D eigenvalue weighted by atomic mass is 19.4. The summed E-state index contributed by atoms with van der Waals surface area (Å²) >= 11 is 0. The number of halogens is 3. The van der Waals surface area contributed by atoms with Gasteiger partial charge in [0.05, 0.1) is 13.0 Å². The van der Waals surface area contributed by atoms with Crippen LogP contribution in [0.5, 0.6) is 5.75 Å². The van der Waals surface area contributed by atoms with Crippen LogP contribution in [0.1, 0.15) is 17.5 Å². The largest absolute Gasteiger partial charge is 0.573 e. The molecular weight excluding hydrogens is 481 g/mol. The van der Waals surface area contributed by atoms with Gasteiger partial charge < -0.3 is 9.84 Å². The fourth-order valence-corrected chi connectivity index (χ4v) is 4.92. The first-order valence-corrected chi connectivity index (χ1v) is 10.8. The second-order valence-electron chi connectivity index (χ2n) is 8.52. The molecule has 1 atom stereocenters. The number of imide groups is 1. The van der Waals surface area contributed by atoms with Crippen molar-refractivity contribution in [2.24, 2.45) is 0 Å². The average Bonchev–Trinajstić information content (AvgIpc) is 3.19. The number of ether oxygens (including phenoxy) is 1. The van der Waals surface area contributed by atoms with E-state index in [2.05, 4.69) is 4.74 Å². The Bertz CT molecular complexity index is 1450. The van der Waals surface area contributed by atoms with E-state index in [1.54, 1.807) is 18.2 Å². The number of hydrogen-bond acceptors (Lipinski definition) is 5. The van der Waals surface area contributed by atoms with Gasteiger partial charge in [0.25, 0.3) is 0 Å². The Kier molecular flexibility index (Phi) is 5.24. The second kappa shape index (κ2) is 8.08. The highest BCUT2D eigenvalue weighted by molar-refractivity contribution is 6.29. The van der Waals surface area contributed by atoms with Crippen molar-refractivity contribution in [3.05, 3.63) is 71.8 Å². The Balaban J connectivity index is 1.59. The van der Waals surface area contributed by atoms with Gasteiger partial charge in [0.15, 0.2) is 5.41 Å². The Morgan fingerprint density at radius 3 is 2.39 bits per heavy atom. The summed E-state index contributed by atoms with van der Waals surface area (Å²) < 4.78 is 42.5. The number of amides is 3. The molecule has 5 rings (SSSR count).